The number of hydrogen-bond donors (Lipinski definition) is 0. The van der Waals surface area contributed by atoms with Crippen molar-refractivity contribution in [3.8, 4) is 28.7 Å². The zero-order chi connectivity index (χ0) is 57.6. The summed E-state index contributed by atoms with van der Waals surface area (Å²) >= 11 is 0. The Hall–Kier alpha value is -11.4. The van der Waals surface area contributed by atoms with E-state index in [0.717, 1.165) is 130 Å². The highest BCUT2D eigenvalue weighted by atomic mass is 16.5. The highest BCUT2D eigenvalue weighted by Crippen LogP contribution is 2.54. The number of ether oxygens (including phenoxy) is 2. The number of rotatable bonds is 7. The first-order chi connectivity index (χ1) is 43.7. The molecule has 410 valence electrons. The zero-order valence-corrected chi connectivity index (χ0v) is 47.7. The molecule has 19 rings (SSSR count). The van der Waals surface area contributed by atoms with Crippen LogP contribution in [0.25, 0.3) is 27.5 Å². The van der Waals surface area contributed by atoms with E-state index < -0.39 is 0 Å². The van der Waals surface area contributed by atoms with Gasteiger partial charge in [0, 0.05) is 91.8 Å². The summed E-state index contributed by atoms with van der Waals surface area (Å²) in [4.78, 5) is 9.86. The molecule has 9 heteroatoms. The lowest BCUT2D eigenvalue weighted by Crippen LogP contribution is -2.60. The van der Waals surface area contributed by atoms with Crippen LogP contribution < -0.4 is 61.9 Å². The Balaban J connectivity index is 0.920. The summed E-state index contributed by atoms with van der Waals surface area (Å²) in [6.45, 7) is -0.314. The minimum atomic E-state index is -0.160. The largest absolute Gasteiger partial charge is 0.458 e. The van der Waals surface area contributed by atoms with Crippen molar-refractivity contribution in [3.05, 3.63) is 308 Å². The molecule has 88 heavy (non-hydrogen) atoms. The van der Waals surface area contributed by atoms with Crippen LogP contribution >= 0.6 is 0 Å². The Morgan fingerprint density at radius 3 is 1.32 bits per heavy atom. The first kappa shape index (κ1) is 48.9. The standard InChI is InChI=1S/C79H51B2N5O2/c1-7-26-52(27-8-1)82(53-28-9-2-10-29-53)58-44-72-77-75(45-58)87-73-41-23-20-38-62(73)80(77)64-48-67-59(46-70(64)85(72)56-34-15-5-16-35-56)60-47-71-65(49-68(60)84(67)55-32-13-4-14-33-55)81-63-39-21-24-42-74(63)88-76-50-69-61(79(78(76)81)86(71)57-36-17-6-18-37-57)43-51-25-19-22-40-66(51)83(69)54-30-11-3-12-31-54/h1-42,44-50H,43H2. The van der Waals surface area contributed by atoms with Crippen LogP contribution in [0.15, 0.2) is 297 Å². The monoisotopic (exact) mass is 1120 g/mol. The van der Waals surface area contributed by atoms with Gasteiger partial charge in [-0.2, -0.15) is 0 Å². The van der Waals surface area contributed by atoms with Gasteiger partial charge >= 0.3 is 0 Å². The highest BCUT2D eigenvalue weighted by Gasteiger charge is 2.47. The lowest BCUT2D eigenvalue weighted by Gasteiger charge is -2.44. The van der Waals surface area contributed by atoms with Crippen molar-refractivity contribution in [1.82, 2.24) is 4.57 Å². The van der Waals surface area contributed by atoms with Crippen molar-refractivity contribution in [2.24, 2.45) is 0 Å². The van der Waals surface area contributed by atoms with Crippen molar-refractivity contribution in [2.45, 2.75) is 6.42 Å². The fourth-order valence-corrected chi connectivity index (χ4v) is 15.2. The van der Waals surface area contributed by atoms with E-state index in [9.17, 15) is 0 Å². The molecule has 0 saturated heterocycles. The summed E-state index contributed by atoms with van der Waals surface area (Å²) in [7, 11) is 0. The molecule has 0 aliphatic carbocycles. The van der Waals surface area contributed by atoms with Crippen molar-refractivity contribution >= 4 is 136 Å². The molecule has 5 aliphatic rings. The van der Waals surface area contributed by atoms with Gasteiger partial charge < -0.3 is 33.6 Å². The van der Waals surface area contributed by atoms with Crippen LogP contribution in [0.3, 0.4) is 0 Å². The molecule has 1 aromatic heterocycles. The second kappa shape index (κ2) is 19.0. The van der Waals surface area contributed by atoms with E-state index in [2.05, 4.69) is 321 Å². The number of fused-ring (bicyclic) bond motifs is 14. The number of anilines is 12. The maximum absolute atomic E-state index is 7.27. The van der Waals surface area contributed by atoms with Gasteiger partial charge in [-0.15, -0.1) is 0 Å². The zero-order valence-electron chi connectivity index (χ0n) is 47.7. The molecule has 0 amide bonds. The Labute approximate surface area is 510 Å². The minimum Gasteiger partial charge on any atom is -0.458 e. The molecule has 0 saturated carbocycles. The van der Waals surface area contributed by atoms with E-state index >= 15 is 0 Å². The molecule has 7 nitrogen and oxygen atoms in total. The first-order valence-electron chi connectivity index (χ1n) is 30.3. The topological polar surface area (TPSA) is 36.4 Å². The SMILES string of the molecule is c1ccc(N(c2ccccc2)c2cc3c4c(c2)N(c2ccccc2)c2cc5c6cc7c(cc6n(-c6ccccc6)c5cc2B4c2ccccc2O3)B2c3ccccc3Oc3cc4c(c(c32)N7c2ccccc2)Cc2ccccc2N4c2ccccc2)cc1. The summed E-state index contributed by atoms with van der Waals surface area (Å²) < 4.78 is 17.0. The summed E-state index contributed by atoms with van der Waals surface area (Å²) in [5.74, 6) is 3.44. The lowest BCUT2D eigenvalue weighted by molar-refractivity contribution is 0.487. The Kier molecular flexibility index (Phi) is 10.6. The van der Waals surface area contributed by atoms with E-state index in [1.807, 2.05) is 0 Å². The molecule has 0 spiro atoms. The fourth-order valence-electron chi connectivity index (χ4n) is 15.2. The Morgan fingerprint density at radius 1 is 0.307 bits per heavy atom. The van der Waals surface area contributed by atoms with Gasteiger partial charge in [0.15, 0.2) is 0 Å². The van der Waals surface area contributed by atoms with E-state index in [-0.39, 0.29) is 13.4 Å². The molecule has 14 aromatic rings. The molecule has 0 unspecified atom stereocenters. The van der Waals surface area contributed by atoms with E-state index in [0.29, 0.717) is 0 Å². The van der Waals surface area contributed by atoms with Gasteiger partial charge in [-0.3, -0.25) is 0 Å². The molecule has 0 N–H and O–H groups in total. The number of aromatic nitrogens is 1. The third kappa shape index (κ3) is 7.16. The predicted molar refractivity (Wildman–Crippen MR) is 365 cm³/mol. The summed E-state index contributed by atoms with van der Waals surface area (Å²) in [6.07, 6.45) is 0.746. The minimum absolute atomic E-state index is 0.154. The average molecular weight is 1120 g/mol. The lowest BCUT2D eigenvalue weighted by atomic mass is 9.34. The van der Waals surface area contributed by atoms with Crippen molar-refractivity contribution in [2.75, 3.05) is 19.6 Å². The van der Waals surface area contributed by atoms with Crippen LogP contribution in [0.5, 0.6) is 23.0 Å². The molecular formula is C79H51B2N5O2. The van der Waals surface area contributed by atoms with E-state index in [1.165, 1.54) is 38.9 Å². The molecule has 0 bridgehead atoms. The van der Waals surface area contributed by atoms with Crippen LogP contribution in [0.2, 0.25) is 0 Å². The molecule has 6 heterocycles. The smallest absolute Gasteiger partial charge is 0.256 e. The van der Waals surface area contributed by atoms with Crippen molar-refractivity contribution in [1.29, 1.82) is 0 Å². The molecular weight excluding hydrogens is 1070 g/mol. The van der Waals surface area contributed by atoms with E-state index in [4.69, 9.17) is 9.47 Å². The molecule has 5 aliphatic heterocycles. The van der Waals surface area contributed by atoms with Crippen LogP contribution in [0, 0.1) is 0 Å². The summed E-state index contributed by atoms with van der Waals surface area (Å²) in [5, 5.41) is 2.31. The van der Waals surface area contributed by atoms with Gasteiger partial charge in [0.05, 0.1) is 28.1 Å². The van der Waals surface area contributed by atoms with Crippen LogP contribution in [-0.2, 0) is 6.42 Å². The summed E-state index contributed by atoms with van der Waals surface area (Å²) in [6, 6.07) is 108. The van der Waals surface area contributed by atoms with Gasteiger partial charge in [-0.05, 0) is 160 Å². The summed E-state index contributed by atoms with van der Waals surface area (Å²) in [5.41, 5.74) is 26.1. The van der Waals surface area contributed by atoms with Crippen molar-refractivity contribution < 1.29 is 9.47 Å². The maximum atomic E-state index is 7.27. The quantitative estimate of drug-likeness (QED) is 0.148. The number of benzene rings is 13. The Morgan fingerprint density at radius 2 is 0.750 bits per heavy atom. The number of para-hydroxylation sites is 9. The van der Waals surface area contributed by atoms with E-state index in [1.54, 1.807) is 0 Å². The van der Waals surface area contributed by atoms with Gasteiger partial charge in [-0.25, -0.2) is 0 Å². The second-order valence-electron chi connectivity index (χ2n) is 23.5. The number of nitrogens with zero attached hydrogens (tertiary/aromatic N) is 5. The predicted octanol–water partition coefficient (Wildman–Crippen LogP) is 16.4. The number of hydrogen-bond acceptors (Lipinski definition) is 6. The third-order valence-electron chi connectivity index (χ3n) is 18.8. The van der Waals surface area contributed by atoms with Gasteiger partial charge in [-0.1, -0.05) is 164 Å². The van der Waals surface area contributed by atoms with Crippen molar-refractivity contribution in [3.63, 3.8) is 0 Å². The molecule has 0 atom stereocenters. The fraction of sp³-hybridized carbons (Fsp3) is 0.0127. The Bertz CT molecular complexity index is 5120. The van der Waals surface area contributed by atoms with Crippen LogP contribution in [-0.4, -0.2) is 18.0 Å². The molecule has 0 radical (unpaired) electrons. The third-order valence-corrected chi connectivity index (χ3v) is 18.8. The van der Waals surface area contributed by atoms with Crippen LogP contribution in [0.1, 0.15) is 11.1 Å². The normalized spacial score (nSPS) is 13.5. The van der Waals surface area contributed by atoms with Gasteiger partial charge in [0.2, 0.25) is 0 Å². The van der Waals surface area contributed by atoms with Gasteiger partial charge in [0.25, 0.3) is 13.4 Å². The highest BCUT2D eigenvalue weighted by molar-refractivity contribution is 7.00. The van der Waals surface area contributed by atoms with Gasteiger partial charge in [0.1, 0.15) is 23.0 Å². The van der Waals surface area contributed by atoms with Crippen LogP contribution in [0.4, 0.5) is 68.2 Å². The average Bonchev–Trinajstić information content (AvgIpc) is 1.14. The second-order valence-corrected chi connectivity index (χ2v) is 23.5. The molecule has 13 aromatic carbocycles. The first-order valence-corrected chi connectivity index (χ1v) is 30.3. The maximum Gasteiger partial charge on any atom is 0.256 e. The molecule has 0 fully saturated rings.